The molecule has 0 N–H and O–H groups in total. The van der Waals surface area contributed by atoms with Crippen LogP contribution in [0.4, 0.5) is 0 Å². The zero-order valence-electron chi connectivity index (χ0n) is 17.6. The van der Waals surface area contributed by atoms with Gasteiger partial charge in [-0.2, -0.15) is 4.31 Å². The molecule has 2 heterocycles. The van der Waals surface area contributed by atoms with Crippen LogP contribution in [0.2, 0.25) is 0 Å². The van der Waals surface area contributed by atoms with Gasteiger partial charge in [0.1, 0.15) is 10.8 Å². The standard InChI is InChI=1S/C23H27N3O3S2/c1-2-29-22-10-8-20(9-11-22)23-24-21(17-30-23)16-25-12-14-26(15-13-25)31(27,28)18-19-6-4-3-5-7-19/h3-11,17H,2,12-16,18H2,1H3. The van der Waals surface area contributed by atoms with Crippen LogP contribution in [-0.2, 0) is 22.3 Å². The van der Waals surface area contributed by atoms with Crippen molar-refractivity contribution in [3.63, 3.8) is 0 Å². The summed E-state index contributed by atoms with van der Waals surface area (Å²) < 4.78 is 32.6. The van der Waals surface area contributed by atoms with E-state index in [0.717, 1.165) is 34.1 Å². The van der Waals surface area contributed by atoms with Gasteiger partial charge < -0.3 is 4.74 Å². The number of rotatable bonds is 8. The highest BCUT2D eigenvalue weighted by molar-refractivity contribution is 7.88. The van der Waals surface area contributed by atoms with Crippen molar-refractivity contribution >= 4 is 21.4 Å². The van der Waals surface area contributed by atoms with E-state index in [9.17, 15) is 8.42 Å². The first-order valence-corrected chi connectivity index (χ1v) is 12.9. The summed E-state index contributed by atoms with van der Waals surface area (Å²) in [5.41, 5.74) is 2.93. The maximum Gasteiger partial charge on any atom is 0.218 e. The van der Waals surface area contributed by atoms with Gasteiger partial charge in [0.2, 0.25) is 10.0 Å². The summed E-state index contributed by atoms with van der Waals surface area (Å²) >= 11 is 1.63. The third-order valence-electron chi connectivity index (χ3n) is 5.27. The lowest BCUT2D eigenvalue weighted by Crippen LogP contribution is -2.48. The second-order valence-electron chi connectivity index (χ2n) is 7.52. The molecule has 164 valence electrons. The summed E-state index contributed by atoms with van der Waals surface area (Å²) in [6.45, 7) is 5.82. The number of hydrogen-bond acceptors (Lipinski definition) is 6. The average Bonchev–Trinajstić information content (AvgIpc) is 3.24. The number of nitrogens with zero attached hydrogens (tertiary/aromatic N) is 3. The minimum absolute atomic E-state index is 0.0609. The Morgan fingerprint density at radius 2 is 1.71 bits per heavy atom. The first kappa shape index (κ1) is 22.0. The maximum atomic E-state index is 12.7. The minimum Gasteiger partial charge on any atom is -0.494 e. The van der Waals surface area contributed by atoms with Crippen LogP contribution in [0.15, 0.2) is 60.0 Å². The summed E-state index contributed by atoms with van der Waals surface area (Å²) in [6.07, 6.45) is 0. The summed E-state index contributed by atoms with van der Waals surface area (Å²) in [4.78, 5) is 7.05. The van der Waals surface area contributed by atoms with Crippen LogP contribution in [0, 0.1) is 0 Å². The molecule has 0 amide bonds. The Morgan fingerprint density at radius 3 is 2.39 bits per heavy atom. The number of benzene rings is 2. The second-order valence-corrected chi connectivity index (χ2v) is 10.3. The highest BCUT2D eigenvalue weighted by atomic mass is 32.2. The fourth-order valence-electron chi connectivity index (χ4n) is 3.64. The van der Waals surface area contributed by atoms with Gasteiger partial charge in [-0.05, 0) is 36.8 Å². The lowest BCUT2D eigenvalue weighted by molar-refractivity contribution is 0.180. The van der Waals surface area contributed by atoms with E-state index in [1.54, 1.807) is 15.6 Å². The van der Waals surface area contributed by atoms with Crippen molar-refractivity contribution in [3.8, 4) is 16.3 Å². The van der Waals surface area contributed by atoms with Crippen molar-refractivity contribution in [2.24, 2.45) is 0 Å². The molecule has 1 aliphatic heterocycles. The van der Waals surface area contributed by atoms with Crippen LogP contribution in [-0.4, -0.2) is 55.4 Å². The van der Waals surface area contributed by atoms with Crippen LogP contribution in [0.25, 0.3) is 10.6 Å². The van der Waals surface area contributed by atoms with Crippen molar-refractivity contribution in [2.45, 2.75) is 19.2 Å². The molecule has 0 spiro atoms. The molecule has 0 radical (unpaired) electrons. The molecule has 3 aromatic rings. The molecule has 1 aliphatic rings. The molecule has 4 rings (SSSR count). The van der Waals surface area contributed by atoms with Crippen molar-refractivity contribution in [3.05, 3.63) is 71.2 Å². The average molecular weight is 458 g/mol. The van der Waals surface area contributed by atoms with Crippen molar-refractivity contribution in [1.82, 2.24) is 14.2 Å². The number of thiazole rings is 1. The predicted octanol–water partition coefficient (Wildman–Crippen LogP) is 3.86. The number of piperazine rings is 1. The van der Waals surface area contributed by atoms with Crippen LogP contribution < -0.4 is 4.74 Å². The molecule has 1 fully saturated rings. The van der Waals surface area contributed by atoms with Crippen LogP contribution in [0.1, 0.15) is 18.2 Å². The van der Waals surface area contributed by atoms with Gasteiger partial charge >= 0.3 is 0 Å². The largest absolute Gasteiger partial charge is 0.494 e. The summed E-state index contributed by atoms with van der Waals surface area (Å²) in [5.74, 6) is 0.925. The lowest BCUT2D eigenvalue weighted by atomic mass is 10.2. The van der Waals surface area contributed by atoms with E-state index in [1.807, 2.05) is 61.5 Å². The highest BCUT2D eigenvalue weighted by Crippen LogP contribution is 2.26. The zero-order chi connectivity index (χ0) is 21.7. The molecule has 6 nitrogen and oxygen atoms in total. The van der Waals surface area contributed by atoms with E-state index < -0.39 is 10.0 Å². The molecule has 0 atom stereocenters. The highest BCUT2D eigenvalue weighted by Gasteiger charge is 2.27. The van der Waals surface area contributed by atoms with Crippen molar-refractivity contribution in [1.29, 1.82) is 0 Å². The SMILES string of the molecule is CCOc1ccc(-c2nc(CN3CCN(S(=O)(=O)Cc4ccccc4)CC3)cs2)cc1. The van der Waals surface area contributed by atoms with Crippen LogP contribution in [0.5, 0.6) is 5.75 Å². The second kappa shape index (κ2) is 9.91. The van der Waals surface area contributed by atoms with Gasteiger partial charge in [0, 0.05) is 43.7 Å². The Bertz CT molecular complexity index is 1070. The molecular weight excluding hydrogens is 430 g/mol. The number of ether oxygens (including phenoxy) is 1. The number of sulfonamides is 1. The molecule has 8 heteroatoms. The first-order chi connectivity index (χ1) is 15.0. The van der Waals surface area contributed by atoms with Gasteiger partial charge in [0.05, 0.1) is 18.1 Å². The Balaban J connectivity index is 1.31. The van der Waals surface area contributed by atoms with Crippen molar-refractivity contribution in [2.75, 3.05) is 32.8 Å². The van der Waals surface area contributed by atoms with E-state index in [1.165, 1.54) is 0 Å². The topological polar surface area (TPSA) is 62.7 Å². The van der Waals surface area contributed by atoms with Crippen molar-refractivity contribution < 1.29 is 13.2 Å². The van der Waals surface area contributed by atoms with Gasteiger partial charge in [-0.25, -0.2) is 13.4 Å². The van der Waals surface area contributed by atoms with E-state index in [4.69, 9.17) is 9.72 Å². The molecule has 0 bridgehead atoms. The molecule has 2 aromatic carbocycles. The monoisotopic (exact) mass is 457 g/mol. The molecule has 1 aromatic heterocycles. The smallest absolute Gasteiger partial charge is 0.218 e. The summed E-state index contributed by atoms with van der Waals surface area (Å²) in [5, 5.41) is 3.08. The third kappa shape index (κ3) is 5.71. The van der Waals surface area contributed by atoms with Crippen LogP contribution in [0.3, 0.4) is 0 Å². The van der Waals surface area contributed by atoms with E-state index >= 15 is 0 Å². The van der Waals surface area contributed by atoms with E-state index in [0.29, 0.717) is 32.8 Å². The zero-order valence-corrected chi connectivity index (χ0v) is 19.2. The first-order valence-electron chi connectivity index (χ1n) is 10.5. The molecular formula is C23H27N3O3S2. The normalized spacial score (nSPS) is 15.8. The van der Waals surface area contributed by atoms with Crippen LogP contribution >= 0.6 is 11.3 Å². The molecule has 31 heavy (non-hydrogen) atoms. The Morgan fingerprint density at radius 1 is 1.00 bits per heavy atom. The number of aromatic nitrogens is 1. The number of hydrogen-bond donors (Lipinski definition) is 0. The lowest BCUT2D eigenvalue weighted by Gasteiger charge is -2.33. The third-order valence-corrected chi connectivity index (χ3v) is 8.06. The Kier molecular flexibility index (Phi) is 7.02. The van der Waals surface area contributed by atoms with Gasteiger partial charge in [0.25, 0.3) is 0 Å². The van der Waals surface area contributed by atoms with E-state index in [2.05, 4.69) is 10.3 Å². The molecule has 0 aliphatic carbocycles. The minimum atomic E-state index is -3.29. The summed E-state index contributed by atoms with van der Waals surface area (Å²) in [7, 11) is -3.29. The quantitative estimate of drug-likeness (QED) is 0.514. The van der Waals surface area contributed by atoms with Gasteiger partial charge in [-0.3, -0.25) is 4.90 Å². The summed E-state index contributed by atoms with van der Waals surface area (Å²) in [6, 6.07) is 17.4. The maximum absolute atomic E-state index is 12.7. The Labute approximate surface area is 188 Å². The van der Waals surface area contributed by atoms with Gasteiger partial charge in [-0.15, -0.1) is 11.3 Å². The van der Waals surface area contributed by atoms with Gasteiger partial charge in [0.15, 0.2) is 0 Å². The molecule has 0 unspecified atom stereocenters. The molecule has 0 saturated carbocycles. The van der Waals surface area contributed by atoms with Gasteiger partial charge in [-0.1, -0.05) is 30.3 Å². The molecule has 1 saturated heterocycles. The fraction of sp³-hybridized carbons (Fsp3) is 0.348. The van der Waals surface area contributed by atoms with E-state index in [-0.39, 0.29) is 5.75 Å². The fourth-order valence-corrected chi connectivity index (χ4v) is 5.98. The predicted molar refractivity (Wildman–Crippen MR) is 125 cm³/mol. The Hall–Kier alpha value is -2.26.